The molecule has 110 valence electrons. The van der Waals surface area contributed by atoms with Crippen LogP contribution in [0.15, 0.2) is 36.4 Å². The average Bonchev–Trinajstić information content (AvgIpc) is 2.47. The summed E-state index contributed by atoms with van der Waals surface area (Å²) in [6.07, 6.45) is 0.852. The van der Waals surface area contributed by atoms with Gasteiger partial charge < -0.3 is 4.74 Å². The maximum Gasteiger partial charge on any atom is 0.150 e. The number of pyridine rings is 1. The number of aryl methyl sites for hydroxylation is 1. The number of hydrogen-bond donors (Lipinski definition) is 0. The third-order valence-corrected chi connectivity index (χ3v) is 3.26. The van der Waals surface area contributed by atoms with Crippen molar-refractivity contribution in [1.29, 1.82) is 0 Å². The first-order valence-corrected chi connectivity index (χ1v) is 6.85. The Hall–Kier alpha value is -2.20. The summed E-state index contributed by atoms with van der Waals surface area (Å²) in [6, 6.07) is 11.5. The van der Waals surface area contributed by atoms with Gasteiger partial charge in [-0.25, -0.2) is 0 Å². The van der Waals surface area contributed by atoms with E-state index in [1.54, 1.807) is 13.2 Å². The number of carbonyl (C=O) groups excluding carboxylic acids is 1. The molecule has 0 unspecified atom stereocenters. The first-order valence-electron chi connectivity index (χ1n) is 6.85. The topological polar surface area (TPSA) is 42.4 Å². The van der Waals surface area contributed by atoms with E-state index < -0.39 is 0 Å². The Morgan fingerprint density at radius 1 is 1.24 bits per heavy atom. The fourth-order valence-electron chi connectivity index (χ4n) is 2.31. The smallest absolute Gasteiger partial charge is 0.150 e. The SMILES string of the molecule is COc1ccc(C=O)cc1CN(C)Cc1cccc(C)n1. The normalized spacial score (nSPS) is 10.7. The van der Waals surface area contributed by atoms with Crippen LogP contribution in [-0.4, -0.2) is 30.3 Å². The number of aldehydes is 1. The minimum atomic E-state index is 0.660. The monoisotopic (exact) mass is 284 g/mol. The molecule has 0 aliphatic carbocycles. The molecule has 0 amide bonds. The molecule has 0 spiro atoms. The van der Waals surface area contributed by atoms with Gasteiger partial charge in [-0.15, -0.1) is 0 Å². The number of carbonyl (C=O) groups is 1. The highest BCUT2D eigenvalue weighted by Crippen LogP contribution is 2.21. The first kappa shape index (κ1) is 15.2. The number of rotatable bonds is 6. The van der Waals surface area contributed by atoms with Gasteiger partial charge in [-0.05, 0) is 44.3 Å². The Balaban J connectivity index is 2.11. The molecule has 21 heavy (non-hydrogen) atoms. The highest BCUT2D eigenvalue weighted by Gasteiger charge is 2.09. The summed E-state index contributed by atoms with van der Waals surface area (Å²) in [7, 11) is 3.67. The minimum Gasteiger partial charge on any atom is -0.496 e. The minimum absolute atomic E-state index is 0.660. The lowest BCUT2D eigenvalue weighted by atomic mass is 10.1. The Bertz CT molecular complexity index is 626. The van der Waals surface area contributed by atoms with E-state index in [2.05, 4.69) is 9.88 Å². The summed E-state index contributed by atoms with van der Waals surface area (Å²) >= 11 is 0. The van der Waals surface area contributed by atoms with Crippen LogP contribution in [0.25, 0.3) is 0 Å². The molecule has 0 bridgehead atoms. The molecule has 2 rings (SSSR count). The highest BCUT2D eigenvalue weighted by atomic mass is 16.5. The molecule has 0 saturated heterocycles. The highest BCUT2D eigenvalue weighted by molar-refractivity contribution is 5.75. The quantitative estimate of drug-likeness (QED) is 0.765. The number of benzene rings is 1. The van der Waals surface area contributed by atoms with E-state index in [0.29, 0.717) is 12.1 Å². The van der Waals surface area contributed by atoms with Gasteiger partial charge in [-0.2, -0.15) is 0 Å². The Labute approximate surface area is 125 Å². The Morgan fingerprint density at radius 3 is 2.71 bits per heavy atom. The van der Waals surface area contributed by atoms with Crippen LogP contribution in [0.3, 0.4) is 0 Å². The number of aromatic nitrogens is 1. The number of nitrogens with zero attached hydrogens (tertiary/aromatic N) is 2. The molecule has 0 saturated carbocycles. The van der Waals surface area contributed by atoms with Crippen LogP contribution in [0.1, 0.15) is 27.3 Å². The van der Waals surface area contributed by atoms with Gasteiger partial charge in [0.15, 0.2) is 0 Å². The van der Waals surface area contributed by atoms with Crippen molar-refractivity contribution in [2.45, 2.75) is 20.0 Å². The summed E-state index contributed by atoms with van der Waals surface area (Å²) in [4.78, 5) is 17.6. The number of hydrogen-bond acceptors (Lipinski definition) is 4. The molecule has 0 radical (unpaired) electrons. The van der Waals surface area contributed by atoms with Gasteiger partial charge in [0.2, 0.25) is 0 Å². The van der Waals surface area contributed by atoms with Gasteiger partial charge in [0, 0.05) is 29.9 Å². The van der Waals surface area contributed by atoms with Crippen molar-refractivity contribution in [3.63, 3.8) is 0 Å². The van der Waals surface area contributed by atoms with Gasteiger partial charge in [0.05, 0.1) is 12.8 Å². The Kier molecular flexibility index (Phi) is 5.06. The van der Waals surface area contributed by atoms with Crippen LogP contribution < -0.4 is 4.74 Å². The summed E-state index contributed by atoms with van der Waals surface area (Å²) in [6.45, 7) is 3.43. The maximum atomic E-state index is 10.9. The van der Waals surface area contributed by atoms with E-state index >= 15 is 0 Å². The van der Waals surface area contributed by atoms with E-state index in [1.807, 2.05) is 44.3 Å². The molecule has 4 heteroatoms. The van der Waals surface area contributed by atoms with E-state index in [1.165, 1.54) is 0 Å². The van der Waals surface area contributed by atoms with Crippen molar-refractivity contribution in [1.82, 2.24) is 9.88 Å². The number of ether oxygens (including phenoxy) is 1. The van der Waals surface area contributed by atoms with Crippen LogP contribution in [0, 0.1) is 6.92 Å². The molecule has 4 nitrogen and oxygen atoms in total. The van der Waals surface area contributed by atoms with Crippen molar-refractivity contribution >= 4 is 6.29 Å². The molecule has 2 aromatic rings. The predicted octanol–water partition coefficient (Wildman–Crippen LogP) is 2.84. The zero-order valence-corrected chi connectivity index (χ0v) is 12.7. The molecule has 0 N–H and O–H groups in total. The number of methoxy groups -OCH3 is 1. The molecule has 0 atom stereocenters. The molecular weight excluding hydrogens is 264 g/mol. The van der Waals surface area contributed by atoms with Crippen LogP contribution in [0.2, 0.25) is 0 Å². The van der Waals surface area contributed by atoms with E-state index in [0.717, 1.165) is 35.5 Å². The van der Waals surface area contributed by atoms with Gasteiger partial charge in [-0.3, -0.25) is 14.7 Å². The van der Waals surface area contributed by atoms with Crippen molar-refractivity contribution in [2.24, 2.45) is 0 Å². The lowest BCUT2D eigenvalue weighted by Gasteiger charge is -2.18. The summed E-state index contributed by atoms with van der Waals surface area (Å²) in [5.41, 5.74) is 3.70. The van der Waals surface area contributed by atoms with E-state index in [4.69, 9.17) is 4.74 Å². The largest absolute Gasteiger partial charge is 0.496 e. The predicted molar refractivity (Wildman–Crippen MR) is 82.5 cm³/mol. The average molecular weight is 284 g/mol. The lowest BCUT2D eigenvalue weighted by Crippen LogP contribution is -2.18. The third-order valence-electron chi connectivity index (χ3n) is 3.26. The maximum absolute atomic E-state index is 10.9. The van der Waals surface area contributed by atoms with Gasteiger partial charge in [0.25, 0.3) is 0 Å². The van der Waals surface area contributed by atoms with Gasteiger partial charge >= 0.3 is 0 Å². The molecule has 1 aromatic carbocycles. The molecular formula is C17H20N2O2. The molecule has 0 aliphatic heterocycles. The summed E-state index contributed by atoms with van der Waals surface area (Å²) in [5.74, 6) is 0.796. The van der Waals surface area contributed by atoms with Crippen LogP contribution in [-0.2, 0) is 13.1 Å². The molecule has 1 aromatic heterocycles. The Morgan fingerprint density at radius 2 is 2.05 bits per heavy atom. The zero-order chi connectivity index (χ0) is 15.2. The second-order valence-corrected chi connectivity index (χ2v) is 5.13. The van der Waals surface area contributed by atoms with Crippen LogP contribution >= 0.6 is 0 Å². The fourth-order valence-corrected chi connectivity index (χ4v) is 2.31. The standard InChI is InChI=1S/C17H20N2O2/c1-13-5-4-6-16(18-13)11-19(2)10-15-9-14(12-20)7-8-17(15)21-3/h4-9,12H,10-11H2,1-3H3. The molecule has 0 fully saturated rings. The summed E-state index contributed by atoms with van der Waals surface area (Å²) in [5, 5.41) is 0. The van der Waals surface area contributed by atoms with E-state index in [9.17, 15) is 4.79 Å². The third kappa shape index (κ3) is 4.13. The van der Waals surface area contributed by atoms with Crippen molar-refractivity contribution in [2.75, 3.05) is 14.2 Å². The van der Waals surface area contributed by atoms with Crippen molar-refractivity contribution in [3.05, 3.63) is 58.9 Å². The van der Waals surface area contributed by atoms with Crippen LogP contribution in [0.5, 0.6) is 5.75 Å². The molecule has 1 heterocycles. The van der Waals surface area contributed by atoms with Crippen LogP contribution in [0.4, 0.5) is 0 Å². The van der Waals surface area contributed by atoms with Gasteiger partial charge in [-0.1, -0.05) is 6.07 Å². The van der Waals surface area contributed by atoms with Crippen molar-refractivity contribution in [3.8, 4) is 5.75 Å². The first-order chi connectivity index (χ1) is 10.1. The fraction of sp³-hybridized carbons (Fsp3) is 0.294. The lowest BCUT2D eigenvalue weighted by molar-refractivity contribution is 0.112. The molecule has 0 aliphatic rings. The van der Waals surface area contributed by atoms with Crippen molar-refractivity contribution < 1.29 is 9.53 Å². The summed E-state index contributed by atoms with van der Waals surface area (Å²) < 4.78 is 5.36. The second-order valence-electron chi connectivity index (χ2n) is 5.13. The zero-order valence-electron chi connectivity index (χ0n) is 12.7. The van der Waals surface area contributed by atoms with Gasteiger partial charge in [0.1, 0.15) is 12.0 Å². The van der Waals surface area contributed by atoms with E-state index in [-0.39, 0.29) is 0 Å². The second kappa shape index (κ2) is 6.99.